The number of carbonyl (C=O) groups is 1. The van der Waals surface area contributed by atoms with E-state index in [4.69, 9.17) is 28.4 Å². The van der Waals surface area contributed by atoms with Gasteiger partial charge < -0.3 is 89.9 Å². The maximum absolute atomic E-state index is 13.5. The smallest absolute Gasteiger partial charge is 0.220 e. The first-order chi connectivity index (χ1) is 52.3. The number of allylic oxidation sites excluding steroid dienone is 6. The van der Waals surface area contributed by atoms with Crippen molar-refractivity contribution in [3.05, 3.63) is 36.5 Å². The largest absolute Gasteiger partial charge is 0.394 e. The fraction of sp³-hybridized carbons (Fsp3) is 0.920. The average molecular weight is 1530 g/mol. The molecule has 3 aliphatic heterocycles. The highest BCUT2D eigenvalue weighted by atomic mass is 16.8. The molecule has 17 unspecified atom stereocenters. The zero-order chi connectivity index (χ0) is 77.4. The van der Waals surface area contributed by atoms with E-state index >= 15 is 0 Å². The highest BCUT2D eigenvalue weighted by molar-refractivity contribution is 5.76. The second-order valence-corrected chi connectivity index (χ2v) is 32.1. The molecule has 0 bridgehead atoms. The zero-order valence-electron chi connectivity index (χ0n) is 67.9. The quantitative estimate of drug-likeness (QED) is 0.0199. The van der Waals surface area contributed by atoms with Crippen LogP contribution in [-0.4, -0.2) is 193 Å². The third kappa shape index (κ3) is 47.5. The fourth-order valence-electron chi connectivity index (χ4n) is 15.3. The van der Waals surface area contributed by atoms with Gasteiger partial charge in [0, 0.05) is 6.42 Å². The monoisotopic (exact) mass is 1520 g/mol. The molecule has 0 spiro atoms. The van der Waals surface area contributed by atoms with Crippen LogP contribution in [0.15, 0.2) is 36.5 Å². The molecule has 19 nitrogen and oxygen atoms in total. The fourth-order valence-corrected chi connectivity index (χ4v) is 15.3. The molecule has 3 aliphatic rings. The van der Waals surface area contributed by atoms with E-state index in [2.05, 4.69) is 55.6 Å². The average Bonchev–Trinajstić information content (AvgIpc) is 0.780. The number of unbranched alkanes of at least 4 members (excludes halogenated alkanes) is 51. The van der Waals surface area contributed by atoms with E-state index in [1.54, 1.807) is 0 Å². The molecule has 3 rings (SSSR count). The summed E-state index contributed by atoms with van der Waals surface area (Å²) >= 11 is 0. The number of hydrogen-bond donors (Lipinski definition) is 12. The van der Waals surface area contributed by atoms with E-state index in [9.17, 15) is 61.0 Å². The molecular formula is C88H165NO18. The van der Waals surface area contributed by atoms with Crippen LogP contribution in [0.1, 0.15) is 386 Å². The Morgan fingerprint density at radius 2 is 0.617 bits per heavy atom. The molecule has 0 aromatic heterocycles. The Morgan fingerprint density at radius 1 is 0.336 bits per heavy atom. The van der Waals surface area contributed by atoms with Gasteiger partial charge in [0.15, 0.2) is 18.9 Å². The highest BCUT2D eigenvalue weighted by Crippen LogP contribution is 2.34. The van der Waals surface area contributed by atoms with Gasteiger partial charge in [-0.2, -0.15) is 0 Å². The van der Waals surface area contributed by atoms with Crippen molar-refractivity contribution in [1.82, 2.24) is 5.32 Å². The summed E-state index contributed by atoms with van der Waals surface area (Å²) in [7, 11) is 0. The number of nitrogens with one attached hydrogen (secondary N) is 1. The second-order valence-electron chi connectivity index (χ2n) is 32.1. The van der Waals surface area contributed by atoms with Crippen molar-refractivity contribution in [2.24, 2.45) is 0 Å². The van der Waals surface area contributed by atoms with Crippen LogP contribution in [0.2, 0.25) is 0 Å². The lowest BCUT2D eigenvalue weighted by Crippen LogP contribution is -2.66. The van der Waals surface area contributed by atoms with Crippen LogP contribution in [0, 0.1) is 0 Å². The topological polar surface area (TPSA) is 307 Å². The van der Waals surface area contributed by atoms with Crippen LogP contribution in [0.5, 0.6) is 0 Å². The summed E-state index contributed by atoms with van der Waals surface area (Å²) < 4.78 is 34.6. The summed E-state index contributed by atoms with van der Waals surface area (Å²) in [5.41, 5.74) is 0. The van der Waals surface area contributed by atoms with E-state index in [0.717, 1.165) is 57.8 Å². The predicted molar refractivity (Wildman–Crippen MR) is 429 cm³/mol. The van der Waals surface area contributed by atoms with Gasteiger partial charge in [0.2, 0.25) is 5.91 Å². The molecule has 3 saturated heterocycles. The van der Waals surface area contributed by atoms with Crippen LogP contribution in [0.4, 0.5) is 0 Å². The Kier molecular flexibility index (Phi) is 63.4. The molecule has 0 aliphatic carbocycles. The van der Waals surface area contributed by atoms with Crippen molar-refractivity contribution < 1.29 is 89.4 Å². The van der Waals surface area contributed by atoms with Gasteiger partial charge in [-0.3, -0.25) is 4.79 Å². The maximum atomic E-state index is 13.5. The molecule has 0 aromatic carbocycles. The summed E-state index contributed by atoms with van der Waals surface area (Å²) in [6.07, 6.45) is 59.6. The first-order valence-corrected chi connectivity index (χ1v) is 44.7. The minimum absolute atomic E-state index is 0.236. The van der Waals surface area contributed by atoms with E-state index in [0.29, 0.717) is 12.8 Å². The number of aliphatic hydroxyl groups excluding tert-OH is 11. The van der Waals surface area contributed by atoms with Crippen molar-refractivity contribution in [3.63, 3.8) is 0 Å². The van der Waals surface area contributed by atoms with Gasteiger partial charge in [-0.25, -0.2) is 0 Å². The summed E-state index contributed by atoms with van der Waals surface area (Å²) in [6.45, 7) is 1.86. The molecule has 107 heavy (non-hydrogen) atoms. The minimum atomic E-state index is -1.97. The lowest BCUT2D eigenvalue weighted by Gasteiger charge is -2.48. The lowest BCUT2D eigenvalue weighted by atomic mass is 9.96. The van der Waals surface area contributed by atoms with Crippen molar-refractivity contribution in [2.75, 3.05) is 26.4 Å². The summed E-state index contributed by atoms with van der Waals surface area (Å²) in [5.74, 6) is -0.236. The van der Waals surface area contributed by atoms with Crippen LogP contribution < -0.4 is 5.32 Å². The van der Waals surface area contributed by atoms with Gasteiger partial charge in [-0.15, -0.1) is 0 Å². The third-order valence-corrected chi connectivity index (χ3v) is 22.5. The summed E-state index contributed by atoms with van der Waals surface area (Å²) in [4.78, 5) is 13.5. The van der Waals surface area contributed by atoms with Crippen LogP contribution >= 0.6 is 0 Å². The summed E-state index contributed by atoms with van der Waals surface area (Å²) in [5, 5.41) is 121. The van der Waals surface area contributed by atoms with Crippen LogP contribution in [0.3, 0.4) is 0 Å². The van der Waals surface area contributed by atoms with Crippen molar-refractivity contribution in [1.29, 1.82) is 0 Å². The van der Waals surface area contributed by atoms with Gasteiger partial charge in [-0.1, -0.05) is 365 Å². The maximum Gasteiger partial charge on any atom is 0.220 e. The predicted octanol–water partition coefficient (Wildman–Crippen LogP) is 16.6. The first-order valence-electron chi connectivity index (χ1n) is 44.7. The van der Waals surface area contributed by atoms with Crippen molar-refractivity contribution in [3.8, 4) is 0 Å². The zero-order valence-corrected chi connectivity index (χ0v) is 67.9. The molecule has 0 aromatic rings. The van der Waals surface area contributed by atoms with Gasteiger partial charge in [0.25, 0.3) is 0 Å². The number of amides is 1. The Bertz CT molecular complexity index is 2070. The van der Waals surface area contributed by atoms with Gasteiger partial charge >= 0.3 is 0 Å². The Labute approximate surface area is 651 Å². The SMILES string of the molecule is CCCCCCC/C=C\C/C=C\C/C=C\CCCCCCCCCCCCCCCCCCC(=O)NC(COC1OC(CO)C(OC2OC(CO)C(OC3OC(CO)C(O)C(O)C3O)C(O)C2O)C(O)C1O)C(O)CCCCCCCCCCCCCCCCCCCCCCCCCCCCCCCCC. The van der Waals surface area contributed by atoms with Crippen molar-refractivity contribution >= 4 is 5.91 Å². The Morgan fingerprint density at radius 3 is 0.963 bits per heavy atom. The van der Waals surface area contributed by atoms with E-state index in [1.165, 1.54) is 295 Å². The lowest BCUT2D eigenvalue weighted by molar-refractivity contribution is -0.379. The number of hydrogen-bond acceptors (Lipinski definition) is 18. The Hall–Kier alpha value is -1.99. The highest BCUT2D eigenvalue weighted by Gasteiger charge is 2.54. The Balaban J connectivity index is 1.33. The number of aliphatic hydroxyl groups is 11. The molecule has 630 valence electrons. The van der Waals surface area contributed by atoms with Crippen molar-refractivity contribution in [2.45, 2.75) is 491 Å². The third-order valence-electron chi connectivity index (χ3n) is 22.5. The molecule has 0 saturated carbocycles. The molecule has 12 N–H and O–H groups in total. The molecule has 0 radical (unpaired) electrons. The first kappa shape index (κ1) is 99.2. The minimum Gasteiger partial charge on any atom is -0.394 e. The molecule has 17 atom stereocenters. The van der Waals surface area contributed by atoms with E-state index in [1.807, 2.05) is 0 Å². The van der Waals surface area contributed by atoms with E-state index < -0.39 is 124 Å². The second kappa shape index (κ2) is 68.4. The van der Waals surface area contributed by atoms with E-state index in [-0.39, 0.29) is 18.9 Å². The van der Waals surface area contributed by atoms with Gasteiger partial charge in [0.05, 0.1) is 38.6 Å². The standard InChI is InChI=1S/C88H165NO18/c1-3-5-7-9-11-13-15-17-19-21-23-25-27-29-31-33-35-37-39-41-43-45-47-49-51-53-55-57-59-61-63-65-72(93)71(89-76(94)66-64-62-60-58-56-54-52-50-48-46-44-42-40-38-36-34-32-30-28-26-24-22-20-18-16-14-12-10-8-6-4-2)70-102-86-82(100)79(97)84(74(68-91)104-86)107-88-83(101)80(98)85(75(69-92)105-88)106-87-81(99)78(96)77(95)73(67-90)103-87/h16,18,22,24,28,30,71-75,77-88,90-93,95-101H,3-15,17,19-21,23,25-27,29,31-70H2,1-2H3,(H,89,94)/b18-16-,24-22-,30-28-. The normalized spacial score (nSPS) is 25.6. The molecule has 3 fully saturated rings. The summed E-state index contributed by atoms with van der Waals surface area (Å²) in [6, 6.07) is -0.889. The molecule has 3 heterocycles. The van der Waals surface area contributed by atoms with Crippen LogP contribution in [-0.2, 0) is 33.2 Å². The van der Waals surface area contributed by atoms with Crippen LogP contribution in [0.25, 0.3) is 0 Å². The molecular weight excluding hydrogens is 1360 g/mol. The number of carbonyl (C=O) groups excluding carboxylic acids is 1. The van der Waals surface area contributed by atoms with Gasteiger partial charge in [0.1, 0.15) is 73.2 Å². The number of rotatable bonds is 73. The van der Waals surface area contributed by atoms with Gasteiger partial charge in [-0.05, 0) is 51.4 Å². The molecule has 19 heteroatoms. The molecule has 1 amide bonds. The number of ether oxygens (including phenoxy) is 6.